The van der Waals surface area contributed by atoms with E-state index in [0.29, 0.717) is 10.5 Å². The topological polar surface area (TPSA) is 4.93 Å². The van der Waals surface area contributed by atoms with Crippen LogP contribution in [-0.2, 0) is 6.54 Å². The number of benzene rings is 3. The van der Waals surface area contributed by atoms with Crippen LogP contribution in [0.4, 0.5) is 0 Å². The summed E-state index contributed by atoms with van der Waals surface area (Å²) in [6.45, 7) is 3.31. The number of hydrogen-bond acceptors (Lipinski definition) is 1. The molecule has 2 atom stereocenters. The van der Waals surface area contributed by atoms with Crippen LogP contribution in [-0.4, -0.2) is 4.57 Å². The Kier molecular flexibility index (Phi) is 3.86. The van der Waals surface area contributed by atoms with E-state index in [-0.39, 0.29) is 0 Å². The van der Waals surface area contributed by atoms with Gasteiger partial charge in [0.1, 0.15) is 0 Å². The van der Waals surface area contributed by atoms with Gasteiger partial charge in [-0.15, -0.1) is 11.8 Å². The van der Waals surface area contributed by atoms with Crippen LogP contribution in [0.2, 0.25) is 0 Å². The fourth-order valence-corrected chi connectivity index (χ4v) is 5.81. The van der Waals surface area contributed by atoms with E-state index in [9.17, 15) is 0 Å². The molecule has 0 aliphatic carbocycles. The molecule has 2 heteroatoms. The lowest BCUT2D eigenvalue weighted by atomic mass is 10.0. The summed E-state index contributed by atoms with van der Waals surface area (Å²) in [6, 6.07) is 30.8. The third-order valence-corrected chi connectivity index (χ3v) is 6.96. The highest BCUT2D eigenvalue weighted by Gasteiger charge is 2.32. The van der Waals surface area contributed by atoms with E-state index in [1.54, 1.807) is 0 Å². The minimum absolute atomic E-state index is 0.363. The summed E-state index contributed by atoms with van der Waals surface area (Å²) in [5.41, 5.74) is 7.06. The van der Waals surface area contributed by atoms with Crippen molar-refractivity contribution in [3.63, 3.8) is 0 Å². The van der Waals surface area contributed by atoms with Gasteiger partial charge < -0.3 is 4.57 Å². The van der Waals surface area contributed by atoms with Gasteiger partial charge in [-0.25, -0.2) is 0 Å². The van der Waals surface area contributed by atoms with E-state index < -0.39 is 0 Å². The second-order valence-corrected chi connectivity index (χ2v) is 8.28. The van der Waals surface area contributed by atoms with Crippen LogP contribution in [0.15, 0.2) is 84.9 Å². The van der Waals surface area contributed by atoms with Gasteiger partial charge in [-0.05, 0) is 29.7 Å². The van der Waals surface area contributed by atoms with E-state index >= 15 is 0 Å². The molecule has 0 bridgehead atoms. The van der Waals surface area contributed by atoms with E-state index in [1.165, 1.54) is 33.3 Å². The maximum absolute atomic E-state index is 2.57. The van der Waals surface area contributed by atoms with Gasteiger partial charge in [0, 0.05) is 28.4 Å². The number of aromatic nitrogens is 1. The summed E-state index contributed by atoms with van der Waals surface area (Å²) in [5, 5.41) is 2.21. The third-order valence-electron chi connectivity index (χ3n) is 5.44. The molecule has 2 heterocycles. The Morgan fingerprint density at radius 3 is 2.12 bits per heavy atom. The van der Waals surface area contributed by atoms with Crippen molar-refractivity contribution in [2.75, 3.05) is 0 Å². The van der Waals surface area contributed by atoms with Crippen molar-refractivity contribution < 1.29 is 0 Å². The van der Waals surface area contributed by atoms with Crippen molar-refractivity contribution in [3.05, 3.63) is 107 Å². The van der Waals surface area contributed by atoms with Gasteiger partial charge in [-0.2, -0.15) is 0 Å². The van der Waals surface area contributed by atoms with Crippen molar-refractivity contribution in [1.29, 1.82) is 0 Å². The first kappa shape index (κ1) is 15.8. The average Bonchev–Trinajstić information content (AvgIpc) is 3.01. The number of nitrogens with zero attached hydrogens (tertiary/aromatic N) is 1. The summed E-state index contributed by atoms with van der Waals surface area (Å²) in [5.74, 6) is 0. The Labute approximate surface area is 158 Å². The standard InChI is InChI=1S/C24H21NS/c1-17-20-14-8-9-15-21(20)25-16-22(18-10-4-2-5-11-18)26-24(23(17)25)19-12-6-3-7-13-19/h2-15,22,24H,16H2,1H3/t22-,24+/m1/s1. The molecule has 1 nitrogen and oxygen atoms in total. The normalized spacial score (nSPS) is 19.4. The Morgan fingerprint density at radius 1 is 0.769 bits per heavy atom. The first-order valence-corrected chi connectivity index (χ1v) is 10.1. The fraction of sp³-hybridized carbons (Fsp3) is 0.167. The molecular formula is C24H21NS. The summed E-state index contributed by atoms with van der Waals surface area (Å²) in [7, 11) is 0. The first-order valence-electron chi connectivity index (χ1n) is 9.16. The van der Waals surface area contributed by atoms with Crippen molar-refractivity contribution in [3.8, 4) is 0 Å². The summed E-state index contributed by atoms with van der Waals surface area (Å²) < 4.78 is 2.57. The predicted octanol–water partition coefficient (Wildman–Crippen LogP) is 6.53. The molecule has 128 valence electrons. The molecule has 0 N–H and O–H groups in total. The van der Waals surface area contributed by atoms with E-state index in [0.717, 1.165) is 6.54 Å². The third kappa shape index (κ3) is 2.48. The van der Waals surface area contributed by atoms with Crippen LogP contribution in [0.25, 0.3) is 10.9 Å². The van der Waals surface area contributed by atoms with Gasteiger partial charge in [0.05, 0.1) is 5.25 Å². The van der Waals surface area contributed by atoms with Gasteiger partial charge in [-0.3, -0.25) is 0 Å². The first-order chi connectivity index (χ1) is 12.8. The molecule has 0 saturated carbocycles. The largest absolute Gasteiger partial charge is 0.341 e. The molecule has 0 radical (unpaired) electrons. The smallest absolute Gasteiger partial charge is 0.0709 e. The summed E-state index contributed by atoms with van der Waals surface area (Å²) in [6.07, 6.45) is 0. The number of fused-ring (bicyclic) bond motifs is 3. The average molecular weight is 356 g/mol. The molecular weight excluding hydrogens is 334 g/mol. The Balaban J connectivity index is 1.73. The van der Waals surface area contributed by atoms with Gasteiger partial charge in [0.25, 0.3) is 0 Å². The number of thioether (sulfide) groups is 1. The highest BCUT2D eigenvalue weighted by Crippen LogP contribution is 2.51. The summed E-state index contributed by atoms with van der Waals surface area (Å²) >= 11 is 2.09. The quantitative estimate of drug-likeness (QED) is 0.396. The number of aryl methyl sites for hydroxylation is 1. The molecule has 5 rings (SSSR count). The van der Waals surface area contributed by atoms with Crippen LogP contribution in [0, 0.1) is 6.92 Å². The van der Waals surface area contributed by atoms with Crippen molar-refractivity contribution in [1.82, 2.24) is 4.57 Å². The highest BCUT2D eigenvalue weighted by molar-refractivity contribution is 8.00. The highest BCUT2D eigenvalue weighted by atomic mass is 32.2. The van der Waals surface area contributed by atoms with Crippen molar-refractivity contribution >= 4 is 22.7 Å². The minimum atomic E-state index is 0.363. The molecule has 0 saturated heterocycles. The van der Waals surface area contributed by atoms with Gasteiger partial charge in [0.2, 0.25) is 0 Å². The Morgan fingerprint density at radius 2 is 1.38 bits per heavy atom. The molecule has 3 aromatic carbocycles. The second-order valence-electron chi connectivity index (χ2n) is 6.96. The summed E-state index contributed by atoms with van der Waals surface area (Å²) in [4.78, 5) is 0. The number of rotatable bonds is 2. The molecule has 1 aromatic heterocycles. The zero-order valence-electron chi connectivity index (χ0n) is 14.8. The zero-order chi connectivity index (χ0) is 17.5. The molecule has 1 aliphatic heterocycles. The van der Waals surface area contributed by atoms with Gasteiger partial charge in [-0.1, -0.05) is 78.9 Å². The van der Waals surface area contributed by atoms with Crippen LogP contribution >= 0.6 is 11.8 Å². The van der Waals surface area contributed by atoms with Crippen LogP contribution < -0.4 is 0 Å². The Bertz CT molecular complexity index is 1050. The van der Waals surface area contributed by atoms with Crippen molar-refractivity contribution in [2.45, 2.75) is 24.0 Å². The molecule has 0 spiro atoms. The zero-order valence-corrected chi connectivity index (χ0v) is 15.6. The van der Waals surface area contributed by atoms with Gasteiger partial charge in [0.15, 0.2) is 0 Å². The monoisotopic (exact) mass is 355 g/mol. The molecule has 4 aromatic rings. The fourth-order valence-electron chi connectivity index (χ4n) is 4.18. The Hall–Kier alpha value is -2.45. The van der Waals surface area contributed by atoms with E-state index in [1.807, 2.05) is 0 Å². The van der Waals surface area contributed by atoms with E-state index in [2.05, 4.69) is 108 Å². The van der Waals surface area contributed by atoms with Crippen LogP contribution in [0.1, 0.15) is 32.9 Å². The lowest BCUT2D eigenvalue weighted by Crippen LogP contribution is -2.19. The molecule has 0 fully saturated rings. The molecule has 1 aliphatic rings. The van der Waals surface area contributed by atoms with Crippen LogP contribution in [0.3, 0.4) is 0 Å². The molecule has 26 heavy (non-hydrogen) atoms. The predicted molar refractivity (Wildman–Crippen MR) is 112 cm³/mol. The number of para-hydroxylation sites is 1. The van der Waals surface area contributed by atoms with E-state index in [4.69, 9.17) is 0 Å². The molecule has 0 unspecified atom stereocenters. The maximum Gasteiger partial charge on any atom is 0.0709 e. The SMILES string of the molecule is Cc1c2n(c3ccccc13)C[C@H](c1ccccc1)S[C@H]2c1ccccc1. The minimum Gasteiger partial charge on any atom is -0.341 e. The van der Waals surface area contributed by atoms with Crippen molar-refractivity contribution in [2.24, 2.45) is 0 Å². The second kappa shape index (κ2) is 6.37. The lowest BCUT2D eigenvalue weighted by molar-refractivity contribution is 0.652. The maximum atomic E-state index is 2.57. The lowest BCUT2D eigenvalue weighted by Gasteiger charge is -2.33. The van der Waals surface area contributed by atoms with Gasteiger partial charge >= 0.3 is 0 Å². The molecule has 0 amide bonds. The van der Waals surface area contributed by atoms with Crippen LogP contribution in [0.5, 0.6) is 0 Å². The number of hydrogen-bond donors (Lipinski definition) is 0.